The summed E-state index contributed by atoms with van der Waals surface area (Å²) in [4.78, 5) is 17.7. The average molecular weight is 299 g/mol. The number of carbonyl (C=O) groups excluding carboxylic acids is 1. The van der Waals surface area contributed by atoms with Crippen LogP contribution in [0, 0.1) is 0 Å². The first-order chi connectivity index (χ1) is 9.81. The molecular formula is C16H13NOS2. The number of hydrogen-bond acceptors (Lipinski definition) is 4. The van der Waals surface area contributed by atoms with Gasteiger partial charge in [0.2, 0.25) is 0 Å². The van der Waals surface area contributed by atoms with Crippen molar-refractivity contribution < 1.29 is 4.79 Å². The second-order valence-electron chi connectivity index (χ2n) is 4.46. The molecule has 0 spiro atoms. The van der Waals surface area contributed by atoms with E-state index in [9.17, 15) is 4.79 Å². The van der Waals surface area contributed by atoms with E-state index in [2.05, 4.69) is 4.98 Å². The van der Waals surface area contributed by atoms with E-state index in [1.807, 2.05) is 53.2 Å². The minimum absolute atomic E-state index is 0.224. The Morgan fingerprint density at radius 1 is 1.00 bits per heavy atom. The first-order valence-corrected chi connectivity index (χ1v) is 8.11. The van der Waals surface area contributed by atoms with E-state index in [1.165, 1.54) is 0 Å². The first kappa shape index (κ1) is 13.2. The van der Waals surface area contributed by atoms with E-state index in [0.717, 1.165) is 21.1 Å². The summed E-state index contributed by atoms with van der Waals surface area (Å²) in [5.41, 5.74) is 2.05. The van der Waals surface area contributed by atoms with Gasteiger partial charge >= 0.3 is 0 Å². The number of thiazole rings is 1. The molecule has 0 aliphatic carbocycles. The average Bonchev–Trinajstić information content (AvgIpc) is 3.11. The lowest BCUT2D eigenvalue weighted by Gasteiger charge is -1.96. The fourth-order valence-corrected chi connectivity index (χ4v) is 3.54. The zero-order valence-corrected chi connectivity index (χ0v) is 12.4. The van der Waals surface area contributed by atoms with Crippen molar-refractivity contribution in [3.05, 3.63) is 63.1 Å². The molecule has 0 unspecified atom stereocenters. The van der Waals surface area contributed by atoms with Gasteiger partial charge in [-0.15, -0.1) is 22.7 Å². The Hall–Kier alpha value is -1.78. The topological polar surface area (TPSA) is 30.0 Å². The fourth-order valence-electron chi connectivity index (χ4n) is 1.97. The van der Waals surface area contributed by atoms with Crippen LogP contribution in [-0.4, -0.2) is 10.8 Å². The summed E-state index contributed by atoms with van der Waals surface area (Å²) in [7, 11) is 0. The number of rotatable bonds is 5. The van der Waals surface area contributed by atoms with Crippen molar-refractivity contribution in [2.45, 2.75) is 12.8 Å². The molecule has 0 N–H and O–H groups in total. The second-order valence-corrected chi connectivity index (χ2v) is 6.44. The predicted molar refractivity (Wildman–Crippen MR) is 84.3 cm³/mol. The molecule has 100 valence electrons. The number of nitrogens with zero attached hydrogens (tertiary/aromatic N) is 1. The number of benzene rings is 1. The van der Waals surface area contributed by atoms with Crippen molar-refractivity contribution >= 4 is 28.5 Å². The van der Waals surface area contributed by atoms with Gasteiger partial charge in [0.05, 0.1) is 12.1 Å². The quantitative estimate of drug-likeness (QED) is 0.706. The smallest absolute Gasteiger partial charge is 0.144 e. The van der Waals surface area contributed by atoms with Crippen LogP contribution in [-0.2, 0) is 17.6 Å². The minimum Gasteiger partial charge on any atom is -0.299 e. The maximum atomic E-state index is 12.0. The lowest BCUT2D eigenvalue weighted by atomic mass is 10.2. The lowest BCUT2D eigenvalue weighted by Crippen LogP contribution is -2.05. The van der Waals surface area contributed by atoms with Gasteiger partial charge < -0.3 is 0 Å². The number of hydrogen-bond donors (Lipinski definition) is 0. The largest absolute Gasteiger partial charge is 0.299 e. The van der Waals surface area contributed by atoms with Gasteiger partial charge in [0.15, 0.2) is 0 Å². The fraction of sp³-hybridized carbons (Fsp3) is 0.125. The number of thiophene rings is 1. The molecule has 0 radical (unpaired) electrons. The highest BCUT2D eigenvalue weighted by Crippen LogP contribution is 2.22. The van der Waals surface area contributed by atoms with E-state index in [0.29, 0.717) is 12.8 Å². The summed E-state index contributed by atoms with van der Waals surface area (Å²) in [6.45, 7) is 0. The summed E-state index contributed by atoms with van der Waals surface area (Å²) in [6.07, 6.45) is 0.938. The van der Waals surface area contributed by atoms with Crippen LogP contribution in [0.2, 0.25) is 0 Å². The molecule has 0 aliphatic heterocycles. The van der Waals surface area contributed by atoms with Crippen LogP contribution in [0.4, 0.5) is 0 Å². The Bertz CT molecular complexity index is 686. The Kier molecular flexibility index (Phi) is 4.04. The zero-order valence-electron chi connectivity index (χ0n) is 10.8. The highest BCUT2D eigenvalue weighted by molar-refractivity contribution is 7.10. The molecule has 4 heteroatoms. The molecule has 20 heavy (non-hydrogen) atoms. The first-order valence-electron chi connectivity index (χ1n) is 6.35. The van der Waals surface area contributed by atoms with Crippen molar-refractivity contribution in [1.29, 1.82) is 0 Å². The number of aromatic nitrogens is 1. The normalized spacial score (nSPS) is 10.6. The van der Waals surface area contributed by atoms with Crippen LogP contribution >= 0.6 is 22.7 Å². The number of carbonyl (C=O) groups is 1. The zero-order chi connectivity index (χ0) is 13.8. The van der Waals surface area contributed by atoms with E-state index < -0.39 is 0 Å². The standard InChI is InChI=1S/C16H13NOS2/c18-13(9-14-7-4-8-19-14)10-16-17-15(11-20-16)12-5-2-1-3-6-12/h1-8,11H,9-10H2. The Morgan fingerprint density at radius 3 is 2.60 bits per heavy atom. The monoisotopic (exact) mass is 299 g/mol. The maximum Gasteiger partial charge on any atom is 0.144 e. The third-order valence-electron chi connectivity index (χ3n) is 2.92. The van der Waals surface area contributed by atoms with E-state index in [-0.39, 0.29) is 5.78 Å². The number of ketones is 1. The SMILES string of the molecule is O=C(Cc1cccs1)Cc1nc(-c2ccccc2)cs1. The summed E-state index contributed by atoms with van der Waals surface area (Å²) < 4.78 is 0. The molecule has 2 aromatic heterocycles. The van der Waals surface area contributed by atoms with Crippen LogP contribution < -0.4 is 0 Å². The van der Waals surface area contributed by atoms with E-state index in [1.54, 1.807) is 22.7 Å². The Morgan fingerprint density at radius 2 is 1.85 bits per heavy atom. The molecule has 3 aromatic rings. The van der Waals surface area contributed by atoms with Crippen molar-refractivity contribution in [2.75, 3.05) is 0 Å². The van der Waals surface area contributed by atoms with Gasteiger partial charge in [-0.25, -0.2) is 4.98 Å². The third kappa shape index (κ3) is 3.21. The highest BCUT2D eigenvalue weighted by Gasteiger charge is 2.10. The molecule has 2 nitrogen and oxygen atoms in total. The molecule has 0 fully saturated rings. The van der Waals surface area contributed by atoms with Gasteiger partial charge in [0, 0.05) is 22.2 Å². The van der Waals surface area contributed by atoms with Crippen LogP contribution in [0.15, 0.2) is 53.2 Å². The van der Waals surface area contributed by atoms with Crippen LogP contribution in [0.5, 0.6) is 0 Å². The van der Waals surface area contributed by atoms with Gasteiger partial charge in [-0.2, -0.15) is 0 Å². The van der Waals surface area contributed by atoms with Gasteiger partial charge in [0.25, 0.3) is 0 Å². The minimum atomic E-state index is 0.224. The van der Waals surface area contributed by atoms with Crippen molar-refractivity contribution in [2.24, 2.45) is 0 Å². The highest BCUT2D eigenvalue weighted by atomic mass is 32.1. The summed E-state index contributed by atoms with van der Waals surface area (Å²) in [5.74, 6) is 0.224. The molecule has 0 bridgehead atoms. The van der Waals surface area contributed by atoms with E-state index in [4.69, 9.17) is 0 Å². The molecule has 0 saturated heterocycles. The van der Waals surface area contributed by atoms with Crippen molar-refractivity contribution in [3.8, 4) is 11.3 Å². The van der Waals surface area contributed by atoms with Gasteiger partial charge in [-0.3, -0.25) is 4.79 Å². The summed E-state index contributed by atoms with van der Waals surface area (Å²) >= 11 is 3.18. The predicted octanol–water partition coefficient (Wildman–Crippen LogP) is 4.23. The molecule has 1 aromatic carbocycles. The summed E-state index contributed by atoms with van der Waals surface area (Å²) in [5, 5.41) is 4.91. The van der Waals surface area contributed by atoms with Gasteiger partial charge in [-0.1, -0.05) is 36.4 Å². The van der Waals surface area contributed by atoms with Crippen LogP contribution in [0.3, 0.4) is 0 Å². The van der Waals surface area contributed by atoms with Gasteiger partial charge in [0.1, 0.15) is 10.8 Å². The second kappa shape index (κ2) is 6.11. The molecule has 3 rings (SSSR count). The molecule has 0 amide bonds. The molecular weight excluding hydrogens is 286 g/mol. The van der Waals surface area contributed by atoms with Crippen LogP contribution in [0.25, 0.3) is 11.3 Å². The number of Topliss-reactive ketones (excluding diaryl/α,β-unsaturated/α-hetero) is 1. The maximum absolute atomic E-state index is 12.0. The van der Waals surface area contributed by atoms with Crippen LogP contribution in [0.1, 0.15) is 9.88 Å². The van der Waals surface area contributed by atoms with Gasteiger partial charge in [-0.05, 0) is 11.4 Å². The third-order valence-corrected chi connectivity index (χ3v) is 4.65. The Balaban J connectivity index is 1.67. The molecule has 0 saturated carbocycles. The molecule has 2 heterocycles. The Labute approximate surface area is 125 Å². The molecule has 0 aliphatic rings. The lowest BCUT2D eigenvalue weighted by molar-refractivity contribution is -0.117. The molecule has 0 atom stereocenters. The van der Waals surface area contributed by atoms with E-state index >= 15 is 0 Å². The van der Waals surface area contributed by atoms with Crippen molar-refractivity contribution in [1.82, 2.24) is 4.98 Å². The summed E-state index contributed by atoms with van der Waals surface area (Å²) in [6, 6.07) is 14.0. The van der Waals surface area contributed by atoms with Crippen molar-refractivity contribution in [3.63, 3.8) is 0 Å².